The van der Waals surface area contributed by atoms with Crippen LogP contribution in [0.2, 0.25) is 0 Å². The minimum atomic E-state index is -0.938. The summed E-state index contributed by atoms with van der Waals surface area (Å²) in [5, 5.41) is 6.52. The number of ether oxygens (including phenoxy) is 1. The predicted molar refractivity (Wildman–Crippen MR) is 141 cm³/mol. The summed E-state index contributed by atoms with van der Waals surface area (Å²) in [6.07, 6.45) is 6.59. The Hall–Kier alpha value is -4.15. The molecule has 4 heterocycles. The second-order valence-corrected chi connectivity index (χ2v) is 10.7. The van der Waals surface area contributed by atoms with Crippen LogP contribution in [0.15, 0.2) is 36.7 Å². The molecule has 4 N–H and O–H groups in total. The van der Waals surface area contributed by atoms with Crippen molar-refractivity contribution in [3.8, 4) is 5.75 Å². The fourth-order valence-corrected chi connectivity index (χ4v) is 6.63. The molecule has 0 bridgehead atoms. The number of amides is 3. The normalized spacial score (nSPS) is 24.9. The number of nitrogens with one attached hydrogen (secondary N) is 4. The Morgan fingerprint density at radius 2 is 2.10 bits per heavy atom. The Morgan fingerprint density at radius 1 is 1.23 bits per heavy atom. The number of nitrogens with zero attached hydrogens (tertiary/aromatic N) is 2. The summed E-state index contributed by atoms with van der Waals surface area (Å²) < 4.78 is 5.45. The number of carbonyl (C=O) groups excluding carboxylic acids is 4. The average Bonchev–Trinajstić information content (AvgIpc) is 3.75. The van der Waals surface area contributed by atoms with Crippen LogP contribution in [0.3, 0.4) is 0 Å². The van der Waals surface area contributed by atoms with Gasteiger partial charge in [0.15, 0.2) is 5.82 Å². The predicted octanol–water partition coefficient (Wildman–Crippen LogP) is 2.03. The third-order valence-corrected chi connectivity index (χ3v) is 8.54. The SMILES string of the molecule is COc1cccc2[nH]c(C(=O)N3CC4CCCC4C3C(=O)N[C@@H](C[C@@H]3CCNC3=O)C(=O)c3ncc[nH]3)cc12. The summed E-state index contributed by atoms with van der Waals surface area (Å²) in [5.41, 5.74) is 1.16. The second-order valence-electron chi connectivity index (χ2n) is 10.7. The maximum absolute atomic E-state index is 13.9. The Labute approximate surface area is 225 Å². The van der Waals surface area contributed by atoms with Gasteiger partial charge in [0.2, 0.25) is 17.6 Å². The third kappa shape index (κ3) is 4.55. The lowest BCUT2D eigenvalue weighted by Crippen LogP contribution is -2.53. The van der Waals surface area contributed by atoms with Crippen LogP contribution < -0.4 is 15.4 Å². The first kappa shape index (κ1) is 25.1. The summed E-state index contributed by atoms with van der Waals surface area (Å²) in [4.78, 5) is 65.1. The number of Topliss-reactive ketones (excluding diaryl/α,β-unsaturated/α-hetero) is 1. The maximum Gasteiger partial charge on any atom is 0.271 e. The van der Waals surface area contributed by atoms with Crippen LogP contribution in [0.4, 0.5) is 0 Å². The van der Waals surface area contributed by atoms with E-state index in [4.69, 9.17) is 4.74 Å². The summed E-state index contributed by atoms with van der Waals surface area (Å²) >= 11 is 0. The zero-order valence-electron chi connectivity index (χ0n) is 21.7. The standard InChI is InChI=1S/C28H32N6O5/c1-39-22-7-3-6-19-18(22)13-21(32-19)28(38)34-14-16-4-2-5-17(16)23(34)27(37)33-20(12-15-8-9-31-26(15)36)24(35)25-29-10-11-30-25/h3,6-7,10-11,13,15-17,20,23,32H,2,4-5,8-9,12,14H2,1H3,(H,29,30)(H,31,36)(H,33,37)/t15-,16?,17?,20-,23?/m0/s1. The number of carbonyl (C=O) groups is 4. The van der Waals surface area contributed by atoms with Crippen molar-refractivity contribution in [1.82, 2.24) is 30.5 Å². The largest absolute Gasteiger partial charge is 0.496 e. The van der Waals surface area contributed by atoms with E-state index in [1.807, 2.05) is 18.2 Å². The van der Waals surface area contributed by atoms with Crippen molar-refractivity contribution in [1.29, 1.82) is 0 Å². The van der Waals surface area contributed by atoms with Crippen LogP contribution in [0, 0.1) is 17.8 Å². The van der Waals surface area contributed by atoms with Crippen LogP contribution in [-0.4, -0.2) is 75.6 Å². The van der Waals surface area contributed by atoms with Gasteiger partial charge in [-0.15, -0.1) is 0 Å². The first-order valence-corrected chi connectivity index (χ1v) is 13.5. The number of aromatic amines is 2. The number of imidazole rings is 1. The number of methoxy groups -OCH3 is 1. The van der Waals surface area contributed by atoms with Gasteiger partial charge in [0.1, 0.15) is 17.5 Å². The molecule has 3 fully saturated rings. The molecule has 2 saturated heterocycles. The Kier molecular flexibility index (Phi) is 6.58. The molecule has 6 rings (SSSR count). The van der Waals surface area contributed by atoms with Crippen LogP contribution >= 0.6 is 0 Å². The lowest BCUT2D eigenvalue weighted by Gasteiger charge is -2.29. The third-order valence-electron chi connectivity index (χ3n) is 8.54. The maximum atomic E-state index is 13.9. The van der Waals surface area contributed by atoms with E-state index in [2.05, 4.69) is 25.6 Å². The zero-order chi connectivity index (χ0) is 27.1. The van der Waals surface area contributed by atoms with Gasteiger partial charge in [-0.3, -0.25) is 19.2 Å². The van der Waals surface area contributed by atoms with Gasteiger partial charge >= 0.3 is 0 Å². The summed E-state index contributed by atoms with van der Waals surface area (Å²) in [6, 6.07) is 5.68. The highest BCUT2D eigenvalue weighted by molar-refractivity contribution is 6.03. The Balaban J connectivity index is 1.28. The molecular formula is C28H32N6O5. The molecule has 2 aliphatic heterocycles. The number of fused-ring (bicyclic) bond motifs is 2. The summed E-state index contributed by atoms with van der Waals surface area (Å²) in [7, 11) is 1.58. The van der Waals surface area contributed by atoms with Gasteiger partial charge in [0.25, 0.3) is 5.91 Å². The van der Waals surface area contributed by atoms with E-state index in [1.54, 1.807) is 24.3 Å². The number of hydrogen-bond acceptors (Lipinski definition) is 6. The number of likely N-dealkylation sites (tertiary alicyclic amines) is 1. The van der Waals surface area contributed by atoms with Crippen molar-refractivity contribution < 1.29 is 23.9 Å². The molecule has 3 unspecified atom stereocenters. The van der Waals surface area contributed by atoms with Crippen LogP contribution in [0.1, 0.15) is 53.2 Å². The lowest BCUT2D eigenvalue weighted by atomic mass is 9.91. The van der Waals surface area contributed by atoms with Crippen LogP contribution in [0.5, 0.6) is 5.75 Å². The van der Waals surface area contributed by atoms with E-state index in [1.165, 1.54) is 6.20 Å². The number of rotatable bonds is 8. The van der Waals surface area contributed by atoms with Crippen LogP contribution in [0.25, 0.3) is 10.9 Å². The van der Waals surface area contributed by atoms with E-state index in [-0.39, 0.29) is 53.5 Å². The molecule has 204 valence electrons. The van der Waals surface area contributed by atoms with Crippen molar-refractivity contribution in [2.45, 2.75) is 44.2 Å². The number of ketones is 1. The van der Waals surface area contributed by atoms with Crippen molar-refractivity contribution in [2.24, 2.45) is 17.8 Å². The van der Waals surface area contributed by atoms with Crippen molar-refractivity contribution in [2.75, 3.05) is 20.2 Å². The van der Waals surface area contributed by atoms with Gasteiger partial charge in [-0.1, -0.05) is 12.5 Å². The van der Waals surface area contributed by atoms with Crippen molar-refractivity contribution in [3.63, 3.8) is 0 Å². The fraction of sp³-hybridized carbons (Fsp3) is 0.464. The highest BCUT2D eigenvalue weighted by Crippen LogP contribution is 2.43. The van der Waals surface area contributed by atoms with Gasteiger partial charge < -0.3 is 30.2 Å². The van der Waals surface area contributed by atoms with Crippen molar-refractivity contribution in [3.05, 3.63) is 48.2 Å². The van der Waals surface area contributed by atoms with Crippen molar-refractivity contribution >= 4 is 34.4 Å². The molecule has 39 heavy (non-hydrogen) atoms. The number of H-pyrrole nitrogens is 2. The minimum absolute atomic E-state index is 0.0157. The van der Waals surface area contributed by atoms with E-state index in [0.717, 1.165) is 30.2 Å². The number of hydrogen-bond donors (Lipinski definition) is 4. The van der Waals surface area contributed by atoms with E-state index < -0.39 is 12.1 Å². The molecule has 0 radical (unpaired) electrons. The van der Waals surface area contributed by atoms with Gasteiger partial charge in [-0.05, 0) is 55.7 Å². The average molecular weight is 533 g/mol. The van der Waals surface area contributed by atoms with Gasteiger partial charge in [0.05, 0.1) is 13.2 Å². The molecule has 0 spiro atoms. The molecule has 11 heteroatoms. The van der Waals surface area contributed by atoms with E-state index >= 15 is 0 Å². The highest BCUT2D eigenvalue weighted by atomic mass is 16.5. The first-order chi connectivity index (χ1) is 18.9. The van der Waals surface area contributed by atoms with Gasteiger partial charge in [0, 0.05) is 42.3 Å². The van der Waals surface area contributed by atoms with E-state index in [9.17, 15) is 19.2 Å². The Bertz CT molecular complexity index is 1410. The molecule has 1 aromatic carbocycles. The topological polar surface area (TPSA) is 149 Å². The second kappa shape index (κ2) is 10.2. The smallest absolute Gasteiger partial charge is 0.271 e. The van der Waals surface area contributed by atoms with Gasteiger partial charge in [-0.25, -0.2) is 4.98 Å². The molecule has 5 atom stereocenters. The molecule has 3 aromatic rings. The summed E-state index contributed by atoms with van der Waals surface area (Å²) in [6.45, 7) is 1.03. The highest BCUT2D eigenvalue weighted by Gasteiger charge is 2.50. The van der Waals surface area contributed by atoms with Crippen LogP contribution in [-0.2, 0) is 9.59 Å². The van der Waals surface area contributed by atoms with Gasteiger partial charge in [-0.2, -0.15) is 0 Å². The fourth-order valence-electron chi connectivity index (χ4n) is 6.63. The molecule has 1 aliphatic carbocycles. The quantitative estimate of drug-likeness (QED) is 0.326. The lowest BCUT2D eigenvalue weighted by molar-refractivity contribution is -0.127. The first-order valence-electron chi connectivity index (χ1n) is 13.5. The Morgan fingerprint density at radius 3 is 2.85 bits per heavy atom. The molecule has 3 aliphatic rings. The summed E-state index contributed by atoms with van der Waals surface area (Å²) in [5.74, 6) is -0.475. The minimum Gasteiger partial charge on any atom is -0.496 e. The molecule has 3 amide bonds. The van der Waals surface area contributed by atoms with E-state index in [0.29, 0.717) is 31.0 Å². The molecule has 2 aromatic heterocycles. The molecule has 11 nitrogen and oxygen atoms in total. The molecule has 1 saturated carbocycles. The number of benzene rings is 1. The zero-order valence-corrected chi connectivity index (χ0v) is 21.7. The molecular weight excluding hydrogens is 500 g/mol. The number of aromatic nitrogens is 3. The monoisotopic (exact) mass is 532 g/mol.